The average molecular weight is 271 g/mol. The fourth-order valence-corrected chi connectivity index (χ4v) is 2.17. The number of benzene rings is 1. The van der Waals surface area contributed by atoms with Crippen LogP contribution in [0.25, 0.3) is 21.8 Å². The van der Waals surface area contributed by atoms with Crippen molar-refractivity contribution in [3.8, 4) is 0 Å². The molecule has 19 heavy (non-hydrogen) atoms. The molecule has 0 radical (unpaired) electrons. The van der Waals surface area contributed by atoms with Gasteiger partial charge in [-0.15, -0.1) is 0 Å². The topological polar surface area (TPSA) is 67.3 Å². The molecule has 0 aliphatic carbocycles. The Morgan fingerprint density at radius 3 is 2.84 bits per heavy atom. The minimum atomic E-state index is -0.458. The minimum Gasteiger partial charge on any atom is -0.464 e. The second kappa shape index (κ2) is 4.40. The van der Waals surface area contributed by atoms with Crippen LogP contribution in [0.4, 0.5) is 5.69 Å². The standard InChI is InChI=1S/C13H9N3O2S/c1-18-13(17)11-5-9-8-4-7(16-19)2-3-10(8)15-12(9)6-14-11/h2-6,15H,1H3. The number of carbonyl (C=O) groups is 1. The number of rotatable bonds is 2. The minimum absolute atomic E-state index is 0.275. The Morgan fingerprint density at radius 2 is 2.11 bits per heavy atom. The zero-order valence-electron chi connectivity index (χ0n) is 10.0. The summed E-state index contributed by atoms with van der Waals surface area (Å²) in [7, 11) is 1.33. The first-order chi connectivity index (χ1) is 9.22. The Balaban J connectivity index is 2.32. The van der Waals surface area contributed by atoms with E-state index in [4.69, 9.17) is 12.4 Å². The molecule has 0 spiro atoms. The van der Waals surface area contributed by atoms with Crippen LogP contribution < -0.4 is 0 Å². The van der Waals surface area contributed by atoms with Crippen molar-refractivity contribution in [2.75, 3.05) is 7.11 Å². The molecule has 5 nitrogen and oxygen atoms in total. The van der Waals surface area contributed by atoms with Crippen LogP contribution in [0.5, 0.6) is 0 Å². The Kier molecular flexibility index (Phi) is 2.72. The number of aromatic amines is 1. The summed E-state index contributed by atoms with van der Waals surface area (Å²) in [5.41, 5.74) is 2.78. The van der Waals surface area contributed by atoms with E-state index >= 15 is 0 Å². The molecule has 3 rings (SSSR count). The zero-order chi connectivity index (χ0) is 13.4. The van der Waals surface area contributed by atoms with Gasteiger partial charge in [-0.2, -0.15) is 4.36 Å². The van der Waals surface area contributed by atoms with Crippen LogP contribution in [0.15, 0.2) is 34.8 Å². The van der Waals surface area contributed by atoms with Crippen LogP contribution >= 0.6 is 0 Å². The number of hydrogen-bond acceptors (Lipinski definition) is 5. The van der Waals surface area contributed by atoms with Crippen LogP contribution in [-0.2, 0) is 17.2 Å². The normalized spacial score (nSPS) is 10.8. The van der Waals surface area contributed by atoms with Gasteiger partial charge >= 0.3 is 5.97 Å². The lowest BCUT2D eigenvalue weighted by Gasteiger charge is -1.98. The summed E-state index contributed by atoms with van der Waals surface area (Å²) in [6, 6.07) is 7.31. The van der Waals surface area contributed by atoms with Gasteiger partial charge in [0.25, 0.3) is 0 Å². The van der Waals surface area contributed by atoms with Crippen LogP contribution in [0.1, 0.15) is 10.5 Å². The fourth-order valence-electron chi connectivity index (χ4n) is 2.06. The number of nitrogens with zero attached hydrogens (tertiary/aromatic N) is 2. The smallest absolute Gasteiger partial charge is 0.356 e. The predicted octanol–water partition coefficient (Wildman–Crippen LogP) is 2.86. The first-order valence-corrected chi connectivity index (χ1v) is 5.92. The fraction of sp³-hybridized carbons (Fsp3) is 0.0769. The lowest BCUT2D eigenvalue weighted by atomic mass is 10.1. The maximum atomic E-state index is 11.5. The number of carbonyl (C=O) groups excluding carboxylic acids is 1. The molecule has 0 saturated carbocycles. The lowest BCUT2D eigenvalue weighted by Crippen LogP contribution is -2.03. The van der Waals surface area contributed by atoms with Gasteiger partial charge in [0.2, 0.25) is 0 Å². The summed E-state index contributed by atoms with van der Waals surface area (Å²) in [5, 5.41) is 1.85. The summed E-state index contributed by atoms with van der Waals surface area (Å²) in [5.74, 6) is -0.458. The second-order valence-electron chi connectivity index (χ2n) is 4.05. The van der Waals surface area contributed by atoms with Crippen LogP contribution in [-0.4, -0.2) is 23.0 Å². The highest BCUT2D eigenvalue weighted by Gasteiger charge is 2.11. The van der Waals surface area contributed by atoms with Crippen molar-refractivity contribution in [2.24, 2.45) is 4.36 Å². The van der Waals surface area contributed by atoms with Crippen LogP contribution in [0.3, 0.4) is 0 Å². The maximum absolute atomic E-state index is 11.5. The van der Waals surface area contributed by atoms with Gasteiger partial charge in [-0.1, -0.05) is 0 Å². The Hall–Kier alpha value is -2.34. The molecule has 0 saturated heterocycles. The average Bonchev–Trinajstić information content (AvgIpc) is 2.83. The molecule has 0 aliphatic heterocycles. The van der Waals surface area contributed by atoms with E-state index in [-0.39, 0.29) is 5.69 Å². The Bertz CT molecular complexity index is 810. The van der Waals surface area contributed by atoms with Gasteiger partial charge < -0.3 is 9.72 Å². The largest absolute Gasteiger partial charge is 0.464 e. The zero-order valence-corrected chi connectivity index (χ0v) is 10.8. The predicted molar refractivity (Wildman–Crippen MR) is 74.4 cm³/mol. The maximum Gasteiger partial charge on any atom is 0.356 e. The van der Waals surface area contributed by atoms with E-state index in [0.29, 0.717) is 5.69 Å². The lowest BCUT2D eigenvalue weighted by molar-refractivity contribution is 0.0594. The molecule has 0 fully saturated rings. The summed E-state index contributed by atoms with van der Waals surface area (Å²) in [4.78, 5) is 18.8. The van der Waals surface area contributed by atoms with Crippen molar-refractivity contribution in [1.29, 1.82) is 0 Å². The number of nitrogens with one attached hydrogen (secondary N) is 1. The summed E-state index contributed by atoms with van der Waals surface area (Å²) in [6.07, 6.45) is 1.62. The van der Waals surface area contributed by atoms with Gasteiger partial charge in [0.05, 0.1) is 24.5 Å². The molecule has 0 bridgehead atoms. The molecule has 6 heteroatoms. The SMILES string of the molecule is COC(=O)c1cc2c(cn1)[nH]c1ccc(N=S)cc12. The van der Waals surface area contributed by atoms with E-state index in [1.165, 1.54) is 7.11 Å². The molecule has 0 unspecified atom stereocenters. The van der Waals surface area contributed by atoms with Gasteiger partial charge in [0.1, 0.15) is 5.69 Å². The number of pyridine rings is 1. The number of aromatic nitrogens is 2. The molecular formula is C13H9N3O2S. The van der Waals surface area contributed by atoms with E-state index in [1.54, 1.807) is 12.3 Å². The molecule has 0 atom stereocenters. The van der Waals surface area contributed by atoms with Crippen molar-refractivity contribution in [2.45, 2.75) is 0 Å². The summed E-state index contributed by atoms with van der Waals surface area (Å²) < 4.78 is 8.41. The van der Waals surface area contributed by atoms with Gasteiger partial charge in [0, 0.05) is 28.7 Å². The van der Waals surface area contributed by atoms with Crippen molar-refractivity contribution < 1.29 is 9.53 Å². The number of esters is 1. The van der Waals surface area contributed by atoms with E-state index < -0.39 is 5.97 Å². The summed E-state index contributed by atoms with van der Waals surface area (Å²) >= 11 is 4.69. The second-order valence-corrected chi connectivity index (χ2v) is 4.24. The van der Waals surface area contributed by atoms with Crippen molar-refractivity contribution in [3.05, 3.63) is 36.2 Å². The highest BCUT2D eigenvalue weighted by molar-refractivity contribution is 7.47. The van der Waals surface area contributed by atoms with E-state index in [0.717, 1.165) is 21.8 Å². The summed E-state index contributed by atoms with van der Waals surface area (Å²) in [6.45, 7) is 0. The van der Waals surface area contributed by atoms with Gasteiger partial charge in [0.15, 0.2) is 0 Å². The molecule has 3 aromatic rings. The van der Waals surface area contributed by atoms with E-state index in [2.05, 4.69) is 19.1 Å². The molecule has 0 amide bonds. The van der Waals surface area contributed by atoms with Crippen molar-refractivity contribution >= 4 is 45.9 Å². The van der Waals surface area contributed by atoms with Crippen molar-refractivity contribution in [1.82, 2.24) is 9.97 Å². The number of hydrogen-bond donors (Lipinski definition) is 1. The molecule has 1 aromatic carbocycles. The number of fused-ring (bicyclic) bond motifs is 3. The van der Waals surface area contributed by atoms with E-state index in [9.17, 15) is 4.79 Å². The van der Waals surface area contributed by atoms with Crippen LogP contribution in [0, 0.1) is 0 Å². The van der Waals surface area contributed by atoms with Crippen molar-refractivity contribution in [3.63, 3.8) is 0 Å². The third kappa shape index (κ3) is 1.86. The molecular weight excluding hydrogens is 262 g/mol. The highest BCUT2D eigenvalue weighted by Crippen LogP contribution is 2.28. The molecule has 0 aliphatic rings. The first kappa shape index (κ1) is 11.7. The highest BCUT2D eigenvalue weighted by atomic mass is 32.1. The van der Waals surface area contributed by atoms with E-state index in [1.807, 2.05) is 18.2 Å². The number of methoxy groups -OCH3 is 1. The quantitative estimate of drug-likeness (QED) is 0.728. The monoisotopic (exact) mass is 271 g/mol. The Morgan fingerprint density at radius 1 is 1.32 bits per heavy atom. The van der Waals surface area contributed by atoms with Gasteiger partial charge in [-0.25, -0.2) is 9.78 Å². The van der Waals surface area contributed by atoms with Gasteiger partial charge in [-0.05, 0) is 24.3 Å². The third-order valence-electron chi connectivity index (χ3n) is 2.97. The molecule has 2 heterocycles. The van der Waals surface area contributed by atoms with Gasteiger partial charge in [-0.3, -0.25) is 0 Å². The molecule has 1 N–H and O–H groups in total. The number of H-pyrrole nitrogens is 1. The first-order valence-electron chi connectivity index (χ1n) is 5.56. The molecule has 94 valence electrons. The third-order valence-corrected chi connectivity index (χ3v) is 3.18. The molecule has 2 aromatic heterocycles. The van der Waals surface area contributed by atoms with Crippen LogP contribution in [0.2, 0.25) is 0 Å². The number of ether oxygens (including phenoxy) is 1. The Labute approximate surface area is 113 Å².